The Morgan fingerprint density at radius 2 is 2.07 bits per heavy atom. The lowest BCUT2D eigenvalue weighted by Gasteiger charge is -2.60. The van der Waals surface area contributed by atoms with Crippen molar-refractivity contribution in [2.75, 3.05) is 27.5 Å². The summed E-state index contributed by atoms with van der Waals surface area (Å²) >= 11 is 0. The number of aryl methyl sites for hydroxylation is 1. The molecule has 1 amide bonds. The number of carbonyl (C=O) groups is 2. The maximum Gasteiger partial charge on any atom is 0.308 e. The first-order valence-electron chi connectivity index (χ1n) is 14.7. The van der Waals surface area contributed by atoms with E-state index in [1.165, 1.54) is 13.2 Å². The summed E-state index contributed by atoms with van der Waals surface area (Å²) in [5.74, 6) is 0.795. The third kappa shape index (κ3) is 5.23. The molecule has 4 aliphatic heterocycles. The molecule has 0 aliphatic carbocycles. The highest BCUT2D eigenvalue weighted by Crippen LogP contribution is 2.54. The van der Waals surface area contributed by atoms with Crippen LogP contribution in [0.15, 0.2) is 41.1 Å². The van der Waals surface area contributed by atoms with Crippen LogP contribution in [-0.2, 0) is 30.2 Å². The van der Waals surface area contributed by atoms with Crippen LogP contribution in [0.3, 0.4) is 0 Å². The van der Waals surface area contributed by atoms with Crippen LogP contribution in [0.4, 0.5) is 0 Å². The van der Waals surface area contributed by atoms with Gasteiger partial charge in [0.1, 0.15) is 18.1 Å². The molecule has 230 valence electrons. The van der Waals surface area contributed by atoms with E-state index in [4.69, 9.17) is 18.9 Å². The zero-order valence-electron chi connectivity index (χ0n) is 25.6. The number of benzene rings is 1. The van der Waals surface area contributed by atoms with E-state index in [0.717, 1.165) is 22.3 Å². The van der Waals surface area contributed by atoms with Crippen LogP contribution in [0, 0.1) is 18.3 Å². The van der Waals surface area contributed by atoms with Crippen molar-refractivity contribution in [1.29, 1.82) is 5.26 Å². The molecule has 4 aliphatic rings. The predicted octanol–water partition coefficient (Wildman–Crippen LogP) is 3.48. The van der Waals surface area contributed by atoms with E-state index >= 15 is 0 Å². The van der Waals surface area contributed by atoms with Gasteiger partial charge in [-0.3, -0.25) is 19.4 Å². The predicted molar refractivity (Wildman–Crippen MR) is 156 cm³/mol. The minimum absolute atomic E-state index is 0.0270. The van der Waals surface area contributed by atoms with Crippen LogP contribution in [0.1, 0.15) is 62.8 Å². The lowest BCUT2D eigenvalue weighted by atomic mass is 9.71. The number of fused-ring (bicyclic) bond motifs is 6. The normalized spacial score (nSPS) is 26.8. The average Bonchev–Trinajstić information content (AvgIpc) is 3.50. The van der Waals surface area contributed by atoms with E-state index < -0.39 is 18.1 Å². The maximum absolute atomic E-state index is 12.8. The summed E-state index contributed by atoms with van der Waals surface area (Å²) in [6, 6.07) is 2.69. The Labute approximate surface area is 252 Å². The van der Waals surface area contributed by atoms with Gasteiger partial charge in [-0.2, -0.15) is 5.26 Å². The zero-order valence-corrected chi connectivity index (χ0v) is 25.6. The minimum atomic E-state index is -0.556. The fraction of sp³-hybridized carbons (Fsp3) is 0.531. The van der Waals surface area contributed by atoms with Crippen molar-refractivity contribution in [3.63, 3.8) is 0 Å². The number of hydrogen-bond donors (Lipinski definition) is 2. The number of allylic oxidation sites excluding steroid dienone is 2. The number of likely N-dealkylation sites (N-methyl/N-ethyl adjacent to an activating group) is 1. The molecule has 1 aromatic rings. The molecule has 0 aromatic heterocycles. The number of nitrogens with zero attached hydrogens (tertiary/aromatic N) is 3. The second kappa shape index (κ2) is 12.3. The number of phenolic OH excluding ortho intramolecular Hbond substituents is 1. The van der Waals surface area contributed by atoms with Gasteiger partial charge < -0.3 is 29.4 Å². The summed E-state index contributed by atoms with van der Waals surface area (Å²) in [5, 5.41) is 25.4. The number of methoxy groups -OCH3 is 1. The first-order chi connectivity index (χ1) is 20.7. The Morgan fingerprint density at radius 1 is 1.30 bits per heavy atom. The standard InChI is InChI=1S/C32H40N4O7/c1-7-9-27(38)34-14-24-29(26-15-41-16-42-26)20(25(8-2)43-18(4)37)12-22-30-28-19(10-17(3)32(40-6)31(28)39)11-21(35(30)5)23(13-33)36(22)24/h8,10,15,21-24,30,39H,7,9,11-12,14,16H2,1-6H3,(H,34,38)/t21-,22?,23-,24-,30-/m0/s1. The smallest absolute Gasteiger partial charge is 0.308 e. The Bertz CT molecular complexity index is 1440. The first kappa shape index (κ1) is 30.4. The molecule has 0 radical (unpaired) electrons. The topological polar surface area (TPSA) is 134 Å². The summed E-state index contributed by atoms with van der Waals surface area (Å²) in [7, 11) is 3.53. The van der Waals surface area contributed by atoms with Crippen molar-refractivity contribution in [3.05, 3.63) is 57.8 Å². The molecule has 1 unspecified atom stereocenters. The SMILES string of the molecule is CC=C(OC(C)=O)C1=C(C2=COCO2)[C@H](CNC(=O)CCC)N2C(C1)[C@H]1c3c(cc(C)c(OC)c3O)C[C@@H]([C@@H]2C#N)N1C. The number of amides is 1. The lowest BCUT2D eigenvalue weighted by molar-refractivity contribution is -0.136. The van der Waals surface area contributed by atoms with Gasteiger partial charge in [0, 0.05) is 48.7 Å². The molecule has 2 N–H and O–H groups in total. The average molecular weight is 593 g/mol. The van der Waals surface area contributed by atoms with E-state index in [-0.39, 0.29) is 43.1 Å². The number of nitrogens with one attached hydrogen (secondary N) is 1. The molecule has 1 aromatic carbocycles. The molecule has 5 atom stereocenters. The second-order valence-electron chi connectivity index (χ2n) is 11.4. The number of piperazine rings is 1. The van der Waals surface area contributed by atoms with E-state index in [1.807, 2.05) is 27.0 Å². The molecule has 11 heteroatoms. The van der Waals surface area contributed by atoms with Crippen molar-refractivity contribution in [3.8, 4) is 17.6 Å². The van der Waals surface area contributed by atoms with Crippen molar-refractivity contribution in [1.82, 2.24) is 15.1 Å². The Kier molecular flexibility index (Phi) is 8.71. The van der Waals surface area contributed by atoms with Gasteiger partial charge in [-0.1, -0.05) is 13.0 Å². The molecule has 1 fully saturated rings. The number of rotatable bonds is 8. The highest BCUT2D eigenvalue weighted by atomic mass is 16.7. The molecule has 0 spiro atoms. The third-order valence-electron chi connectivity index (χ3n) is 8.97. The van der Waals surface area contributed by atoms with Gasteiger partial charge >= 0.3 is 5.97 Å². The van der Waals surface area contributed by atoms with Crippen LogP contribution in [0.5, 0.6) is 11.5 Å². The van der Waals surface area contributed by atoms with Crippen molar-refractivity contribution in [2.24, 2.45) is 0 Å². The molecule has 2 bridgehead atoms. The van der Waals surface area contributed by atoms with Crippen LogP contribution in [0.25, 0.3) is 0 Å². The highest BCUT2D eigenvalue weighted by molar-refractivity contribution is 5.76. The van der Waals surface area contributed by atoms with Gasteiger partial charge in [-0.15, -0.1) is 0 Å². The Morgan fingerprint density at radius 3 is 2.67 bits per heavy atom. The van der Waals surface area contributed by atoms with Gasteiger partial charge in [0.25, 0.3) is 0 Å². The number of nitriles is 1. The maximum atomic E-state index is 12.8. The van der Waals surface area contributed by atoms with Gasteiger partial charge in [0.15, 0.2) is 17.3 Å². The number of hydrogen-bond acceptors (Lipinski definition) is 10. The molecule has 4 heterocycles. The van der Waals surface area contributed by atoms with Crippen molar-refractivity contribution >= 4 is 11.9 Å². The van der Waals surface area contributed by atoms with E-state index in [0.29, 0.717) is 48.5 Å². The van der Waals surface area contributed by atoms with E-state index in [1.54, 1.807) is 20.1 Å². The lowest BCUT2D eigenvalue weighted by Crippen LogP contribution is -2.70. The van der Waals surface area contributed by atoms with Crippen LogP contribution in [-0.4, -0.2) is 78.4 Å². The molecule has 11 nitrogen and oxygen atoms in total. The monoisotopic (exact) mass is 592 g/mol. The van der Waals surface area contributed by atoms with Gasteiger partial charge in [-0.05, 0) is 57.4 Å². The van der Waals surface area contributed by atoms with Gasteiger partial charge in [0.2, 0.25) is 12.7 Å². The van der Waals surface area contributed by atoms with Crippen molar-refractivity contribution < 1.29 is 33.6 Å². The fourth-order valence-corrected chi connectivity index (χ4v) is 7.34. The molecule has 43 heavy (non-hydrogen) atoms. The number of aromatic hydroxyl groups is 1. The second-order valence-corrected chi connectivity index (χ2v) is 11.4. The first-order valence-corrected chi connectivity index (χ1v) is 14.7. The van der Waals surface area contributed by atoms with Crippen molar-refractivity contribution in [2.45, 2.75) is 83.6 Å². The molecular formula is C32H40N4O7. The number of ether oxygens (including phenoxy) is 4. The zero-order chi connectivity index (χ0) is 31.0. The third-order valence-corrected chi connectivity index (χ3v) is 8.97. The largest absolute Gasteiger partial charge is 0.504 e. The van der Waals surface area contributed by atoms with Crippen LogP contribution >= 0.6 is 0 Å². The Balaban J connectivity index is 1.75. The fourth-order valence-electron chi connectivity index (χ4n) is 7.34. The van der Waals surface area contributed by atoms with Crippen LogP contribution < -0.4 is 10.1 Å². The molecular weight excluding hydrogens is 552 g/mol. The molecule has 5 rings (SSSR count). The quantitative estimate of drug-likeness (QED) is 0.341. The summed E-state index contributed by atoms with van der Waals surface area (Å²) in [4.78, 5) is 29.4. The number of esters is 1. The number of carbonyl (C=O) groups excluding carboxylic acids is 2. The van der Waals surface area contributed by atoms with Gasteiger partial charge in [0.05, 0.1) is 25.3 Å². The number of phenols is 1. The van der Waals surface area contributed by atoms with Crippen LogP contribution in [0.2, 0.25) is 0 Å². The van der Waals surface area contributed by atoms with E-state index in [2.05, 4.69) is 21.2 Å². The summed E-state index contributed by atoms with van der Waals surface area (Å²) < 4.78 is 22.7. The molecule has 0 saturated carbocycles. The summed E-state index contributed by atoms with van der Waals surface area (Å²) in [6.07, 6.45) is 5.27. The van der Waals surface area contributed by atoms with E-state index in [9.17, 15) is 20.0 Å². The summed E-state index contributed by atoms with van der Waals surface area (Å²) in [6.45, 7) is 7.22. The summed E-state index contributed by atoms with van der Waals surface area (Å²) in [5.41, 5.74) is 3.99. The molecule has 1 saturated heterocycles. The Hall–Kier alpha value is -4.01. The highest BCUT2D eigenvalue weighted by Gasteiger charge is 2.56. The minimum Gasteiger partial charge on any atom is -0.504 e. The van der Waals surface area contributed by atoms with Gasteiger partial charge in [-0.25, -0.2) is 0 Å².